The summed E-state index contributed by atoms with van der Waals surface area (Å²) >= 11 is 0. The van der Waals surface area contributed by atoms with E-state index in [2.05, 4.69) is 0 Å². The zero-order valence-corrected chi connectivity index (χ0v) is 10.4. The van der Waals surface area contributed by atoms with Gasteiger partial charge in [-0.25, -0.2) is 0 Å². The van der Waals surface area contributed by atoms with Gasteiger partial charge in [-0.2, -0.15) is 0 Å². The molecule has 1 aliphatic heterocycles. The summed E-state index contributed by atoms with van der Waals surface area (Å²) in [6.07, 6.45) is 3.45. The van der Waals surface area contributed by atoms with Crippen LogP contribution in [-0.2, 0) is 4.74 Å². The number of benzene rings is 1. The third kappa shape index (κ3) is 2.32. The number of ether oxygens (including phenoxy) is 1. The highest BCUT2D eigenvalue weighted by molar-refractivity contribution is 6.08. The van der Waals surface area contributed by atoms with Crippen LogP contribution < -0.4 is 0 Å². The fourth-order valence-electron chi connectivity index (χ4n) is 1.88. The van der Waals surface area contributed by atoms with Crippen molar-refractivity contribution in [1.82, 2.24) is 0 Å². The number of phenols is 2. The standard InChI is InChI=1S/C14H16O4/c1-8-4-3-5-13(18-8)14(17)10-6-11(15)9(2)12(16)7-10/h5-8,15-16H,3-4H2,1-2H3/t8-/m0/s1. The normalized spacial score (nSPS) is 19.0. The Kier molecular flexibility index (Phi) is 3.28. The third-order valence-corrected chi connectivity index (χ3v) is 3.07. The van der Waals surface area contributed by atoms with Crippen molar-refractivity contribution in [3.8, 4) is 11.5 Å². The molecule has 4 heteroatoms. The molecule has 0 spiro atoms. The lowest BCUT2D eigenvalue weighted by atomic mass is 10.0. The summed E-state index contributed by atoms with van der Waals surface area (Å²) in [6, 6.07) is 2.70. The minimum atomic E-state index is -0.313. The lowest BCUT2D eigenvalue weighted by Gasteiger charge is -2.20. The lowest BCUT2D eigenvalue weighted by molar-refractivity contribution is 0.0744. The van der Waals surface area contributed by atoms with E-state index in [-0.39, 0.29) is 34.7 Å². The molecule has 0 fully saturated rings. The Morgan fingerprint density at radius 1 is 1.33 bits per heavy atom. The van der Waals surface area contributed by atoms with E-state index < -0.39 is 0 Å². The fraction of sp³-hybridized carbons (Fsp3) is 0.357. The highest BCUT2D eigenvalue weighted by Crippen LogP contribution is 2.29. The van der Waals surface area contributed by atoms with Crippen molar-refractivity contribution in [1.29, 1.82) is 0 Å². The maximum atomic E-state index is 12.1. The number of hydrogen-bond donors (Lipinski definition) is 2. The van der Waals surface area contributed by atoms with Gasteiger partial charge in [-0.05, 0) is 44.9 Å². The molecule has 2 rings (SSSR count). The second kappa shape index (κ2) is 4.72. The number of allylic oxidation sites excluding steroid dienone is 2. The van der Waals surface area contributed by atoms with Crippen LogP contribution in [0.3, 0.4) is 0 Å². The minimum Gasteiger partial charge on any atom is -0.508 e. The Morgan fingerprint density at radius 3 is 2.50 bits per heavy atom. The van der Waals surface area contributed by atoms with Crippen LogP contribution in [0.25, 0.3) is 0 Å². The van der Waals surface area contributed by atoms with E-state index in [0.717, 1.165) is 12.8 Å². The number of ketones is 1. The fourth-order valence-corrected chi connectivity index (χ4v) is 1.88. The van der Waals surface area contributed by atoms with E-state index in [1.807, 2.05) is 6.92 Å². The molecule has 0 bridgehead atoms. The van der Waals surface area contributed by atoms with Crippen LogP contribution in [0.1, 0.15) is 35.7 Å². The number of rotatable bonds is 2. The molecular weight excluding hydrogens is 232 g/mol. The van der Waals surface area contributed by atoms with E-state index in [9.17, 15) is 15.0 Å². The summed E-state index contributed by atoms with van der Waals surface area (Å²) in [4.78, 5) is 12.1. The van der Waals surface area contributed by atoms with Crippen LogP contribution in [0.5, 0.6) is 11.5 Å². The molecule has 4 nitrogen and oxygen atoms in total. The molecule has 1 aliphatic rings. The Hall–Kier alpha value is -1.97. The first-order valence-electron chi connectivity index (χ1n) is 5.93. The van der Waals surface area contributed by atoms with Crippen LogP contribution in [0.4, 0.5) is 0 Å². The molecule has 0 unspecified atom stereocenters. The summed E-state index contributed by atoms with van der Waals surface area (Å²) in [5, 5.41) is 19.2. The smallest absolute Gasteiger partial charge is 0.227 e. The number of carbonyl (C=O) groups excluding carboxylic acids is 1. The molecule has 1 atom stereocenters. The first kappa shape index (κ1) is 12.5. The van der Waals surface area contributed by atoms with E-state index in [4.69, 9.17) is 4.74 Å². The first-order valence-corrected chi connectivity index (χ1v) is 5.93. The van der Waals surface area contributed by atoms with Gasteiger partial charge < -0.3 is 14.9 Å². The Labute approximate surface area is 106 Å². The molecule has 96 valence electrons. The molecule has 0 radical (unpaired) electrons. The maximum Gasteiger partial charge on any atom is 0.227 e. The van der Waals surface area contributed by atoms with Gasteiger partial charge in [0.15, 0.2) is 5.76 Å². The van der Waals surface area contributed by atoms with Gasteiger partial charge in [-0.3, -0.25) is 4.79 Å². The second-order valence-corrected chi connectivity index (χ2v) is 4.54. The molecule has 18 heavy (non-hydrogen) atoms. The molecule has 1 heterocycles. The van der Waals surface area contributed by atoms with Gasteiger partial charge in [0.05, 0.1) is 6.10 Å². The maximum absolute atomic E-state index is 12.1. The summed E-state index contributed by atoms with van der Waals surface area (Å²) in [5.74, 6) is -0.214. The Balaban J connectivity index is 2.32. The van der Waals surface area contributed by atoms with Gasteiger partial charge in [0.1, 0.15) is 11.5 Å². The summed E-state index contributed by atoms with van der Waals surface area (Å²) in [6.45, 7) is 3.49. The SMILES string of the molecule is Cc1c(O)cc(C(=O)C2=CCC[C@H](C)O2)cc1O. The van der Waals surface area contributed by atoms with Gasteiger partial charge in [0, 0.05) is 11.1 Å². The molecule has 0 saturated heterocycles. The van der Waals surface area contributed by atoms with Crippen LogP contribution >= 0.6 is 0 Å². The van der Waals surface area contributed by atoms with Crippen LogP contribution in [-0.4, -0.2) is 22.1 Å². The molecule has 0 amide bonds. The first-order chi connectivity index (χ1) is 8.49. The molecule has 0 aliphatic carbocycles. The largest absolute Gasteiger partial charge is 0.508 e. The number of hydrogen-bond acceptors (Lipinski definition) is 4. The van der Waals surface area contributed by atoms with E-state index >= 15 is 0 Å². The number of Topliss-reactive ketones (excluding diaryl/α,β-unsaturated/α-hetero) is 1. The molecule has 1 aromatic rings. The van der Waals surface area contributed by atoms with Crippen molar-refractivity contribution in [3.05, 3.63) is 35.1 Å². The second-order valence-electron chi connectivity index (χ2n) is 4.54. The van der Waals surface area contributed by atoms with Gasteiger partial charge in [-0.1, -0.05) is 0 Å². The van der Waals surface area contributed by atoms with Gasteiger partial charge >= 0.3 is 0 Å². The van der Waals surface area contributed by atoms with Crippen LogP contribution in [0, 0.1) is 6.92 Å². The average Bonchev–Trinajstić information content (AvgIpc) is 2.34. The van der Waals surface area contributed by atoms with Crippen molar-refractivity contribution in [2.75, 3.05) is 0 Å². The summed E-state index contributed by atoms with van der Waals surface area (Å²) < 4.78 is 5.46. The van der Waals surface area contributed by atoms with E-state index in [0.29, 0.717) is 5.56 Å². The zero-order valence-electron chi connectivity index (χ0n) is 10.4. The van der Waals surface area contributed by atoms with Crippen LogP contribution in [0.15, 0.2) is 24.0 Å². The number of phenolic OH excluding ortho intramolecular Hbond substituents is 2. The topological polar surface area (TPSA) is 66.8 Å². The molecule has 1 aromatic carbocycles. The number of aromatic hydroxyl groups is 2. The minimum absolute atomic E-state index is 0.0154. The van der Waals surface area contributed by atoms with Crippen molar-refractivity contribution < 1.29 is 19.7 Å². The van der Waals surface area contributed by atoms with Crippen molar-refractivity contribution in [2.24, 2.45) is 0 Å². The van der Waals surface area contributed by atoms with Gasteiger partial charge in [-0.15, -0.1) is 0 Å². The third-order valence-electron chi connectivity index (χ3n) is 3.07. The number of carbonyl (C=O) groups is 1. The highest BCUT2D eigenvalue weighted by Gasteiger charge is 2.21. The van der Waals surface area contributed by atoms with E-state index in [1.165, 1.54) is 12.1 Å². The molecule has 0 aromatic heterocycles. The molecular formula is C14H16O4. The predicted molar refractivity (Wildman–Crippen MR) is 66.7 cm³/mol. The molecule has 2 N–H and O–H groups in total. The van der Waals surface area contributed by atoms with Gasteiger partial charge in [0.25, 0.3) is 0 Å². The van der Waals surface area contributed by atoms with Crippen molar-refractivity contribution in [2.45, 2.75) is 32.8 Å². The Bertz CT molecular complexity index is 494. The summed E-state index contributed by atoms with van der Waals surface area (Å²) in [7, 11) is 0. The van der Waals surface area contributed by atoms with E-state index in [1.54, 1.807) is 13.0 Å². The van der Waals surface area contributed by atoms with Gasteiger partial charge in [0.2, 0.25) is 5.78 Å². The quantitative estimate of drug-likeness (QED) is 0.790. The van der Waals surface area contributed by atoms with Crippen LogP contribution in [0.2, 0.25) is 0 Å². The Morgan fingerprint density at radius 2 is 1.94 bits per heavy atom. The van der Waals surface area contributed by atoms with Crippen molar-refractivity contribution in [3.63, 3.8) is 0 Å². The summed E-state index contributed by atoms with van der Waals surface area (Å²) in [5.41, 5.74) is 0.592. The van der Waals surface area contributed by atoms with Crippen molar-refractivity contribution >= 4 is 5.78 Å². The highest BCUT2D eigenvalue weighted by atomic mass is 16.5. The monoisotopic (exact) mass is 248 g/mol. The molecule has 0 saturated carbocycles. The lowest BCUT2D eigenvalue weighted by Crippen LogP contribution is -2.17. The predicted octanol–water partition coefficient (Wildman–Crippen LogP) is 2.67. The average molecular weight is 248 g/mol. The zero-order chi connectivity index (χ0) is 13.3.